The molecule has 6 nitrogen and oxygen atoms in total. The van der Waals surface area contributed by atoms with Crippen LogP contribution < -0.4 is 10.2 Å². The molecule has 6 heteroatoms. The number of nitrogens with zero attached hydrogens (tertiary/aromatic N) is 3. The van der Waals surface area contributed by atoms with E-state index in [0.29, 0.717) is 24.7 Å². The molecule has 0 bridgehead atoms. The molecule has 110 valence electrons. The van der Waals surface area contributed by atoms with Crippen LogP contribution in [0.3, 0.4) is 0 Å². The second kappa shape index (κ2) is 5.20. The van der Waals surface area contributed by atoms with Crippen LogP contribution in [0, 0.1) is 0 Å². The van der Waals surface area contributed by atoms with Crippen LogP contribution in [-0.2, 0) is 4.79 Å². The van der Waals surface area contributed by atoms with E-state index in [9.17, 15) is 9.59 Å². The van der Waals surface area contributed by atoms with Crippen molar-refractivity contribution in [2.45, 2.75) is 32.6 Å². The number of pyridine rings is 1. The molecule has 3 heterocycles. The van der Waals surface area contributed by atoms with Gasteiger partial charge in [0.2, 0.25) is 5.91 Å². The second-order valence-corrected chi connectivity index (χ2v) is 5.34. The number of urea groups is 1. The minimum absolute atomic E-state index is 0.231. The van der Waals surface area contributed by atoms with E-state index in [1.165, 1.54) is 5.56 Å². The van der Waals surface area contributed by atoms with Gasteiger partial charge < -0.3 is 0 Å². The van der Waals surface area contributed by atoms with Crippen molar-refractivity contribution in [3.8, 4) is 0 Å². The van der Waals surface area contributed by atoms with E-state index in [1.807, 2.05) is 16.7 Å². The van der Waals surface area contributed by atoms with Crippen molar-refractivity contribution < 1.29 is 9.59 Å². The van der Waals surface area contributed by atoms with Crippen LogP contribution in [0.5, 0.6) is 0 Å². The molecule has 1 aliphatic heterocycles. The summed E-state index contributed by atoms with van der Waals surface area (Å²) in [5, 5.41) is 2.34. The standard InChI is InChI=1S/C15H18N4O2/c1-3-10(2)11-5-4-7-18-13(9-16-14(11)18)19-8-6-12(20)17-15(19)21/h4-5,7,9-10H,3,6,8H2,1-2H3,(H,17,20,21). The third-order valence-corrected chi connectivity index (χ3v) is 4.02. The number of carbonyl (C=O) groups is 2. The van der Waals surface area contributed by atoms with E-state index in [2.05, 4.69) is 30.2 Å². The van der Waals surface area contributed by atoms with Crippen LogP contribution >= 0.6 is 0 Å². The van der Waals surface area contributed by atoms with Crippen molar-refractivity contribution >= 4 is 23.4 Å². The Morgan fingerprint density at radius 3 is 2.95 bits per heavy atom. The van der Waals surface area contributed by atoms with Gasteiger partial charge in [0.05, 0.1) is 6.20 Å². The molecule has 0 aliphatic carbocycles. The maximum atomic E-state index is 12.0. The first-order chi connectivity index (χ1) is 10.1. The molecule has 2 aromatic heterocycles. The zero-order chi connectivity index (χ0) is 15.0. The lowest BCUT2D eigenvalue weighted by atomic mass is 10.00. The van der Waals surface area contributed by atoms with Gasteiger partial charge in [-0.15, -0.1) is 0 Å². The number of carbonyl (C=O) groups excluding carboxylic acids is 2. The fourth-order valence-electron chi connectivity index (χ4n) is 2.61. The highest BCUT2D eigenvalue weighted by Crippen LogP contribution is 2.26. The quantitative estimate of drug-likeness (QED) is 0.941. The number of fused-ring (bicyclic) bond motifs is 1. The van der Waals surface area contributed by atoms with Crippen molar-refractivity contribution in [2.75, 3.05) is 11.4 Å². The Labute approximate surface area is 122 Å². The molecule has 1 unspecified atom stereocenters. The molecule has 21 heavy (non-hydrogen) atoms. The first-order valence-corrected chi connectivity index (χ1v) is 7.19. The van der Waals surface area contributed by atoms with Gasteiger partial charge in [-0.05, 0) is 24.0 Å². The molecule has 0 radical (unpaired) electrons. The van der Waals surface area contributed by atoms with E-state index in [-0.39, 0.29) is 11.9 Å². The predicted molar refractivity (Wildman–Crippen MR) is 79.4 cm³/mol. The molecule has 1 N–H and O–H groups in total. The summed E-state index contributed by atoms with van der Waals surface area (Å²) in [5.41, 5.74) is 2.03. The van der Waals surface area contributed by atoms with Gasteiger partial charge >= 0.3 is 6.03 Å². The Morgan fingerprint density at radius 1 is 1.43 bits per heavy atom. The molecular weight excluding hydrogens is 268 g/mol. The molecule has 1 atom stereocenters. The molecule has 3 amide bonds. The van der Waals surface area contributed by atoms with Crippen LogP contribution in [0.1, 0.15) is 38.2 Å². The second-order valence-electron chi connectivity index (χ2n) is 5.34. The molecule has 1 fully saturated rings. The molecule has 2 aromatic rings. The van der Waals surface area contributed by atoms with Crippen LogP contribution in [0.4, 0.5) is 10.6 Å². The normalized spacial score (nSPS) is 17.1. The zero-order valence-electron chi connectivity index (χ0n) is 12.2. The van der Waals surface area contributed by atoms with E-state index in [4.69, 9.17) is 0 Å². The molecular formula is C15H18N4O2. The van der Waals surface area contributed by atoms with Gasteiger partial charge in [-0.3, -0.25) is 19.4 Å². The molecule has 0 aromatic carbocycles. The predicted octanol–water partition coefficient (Wildman–Crippen LogP) is 2.29. The largest absolute Gasteiger partial charge is 0.329 e. The summed E-state index contributed by atoms with van der Waals surface area (Å²) >= 11 is 0. The van der Waals surface area contributed by atoms with Crippen molar-refractivity contribution in [3.63, 3.8) is 0 Å². The number of hydrogen-bond donors (Lipinski definition) is 1. The Hall–Kier alpha value is -2.37. The van der Waals surface area contributed by atoms with E-state index in [0.717, 1.165) is 12.1 Å². The fraction of sp³-hybridized carbons (Fsp3) is 0.400. The number of aromatic nitrogens is 2. The summed E-state index contributed by atoms with van der Waals surface area (Å²) in [5.74, 6) is 0.867. The van der Waals surface area contributed by atoms with Crippen molar-refractivity contribution in [2.24, 2.45) is 0 Å². The number of imidazole rings is 1. The first kappa shape index (κ1) is 13.6. The Bertz CT molecular complexity index is 707. The van der Waals surface area contributed by atoms with Crippen LogP contribution in [-0.4, -0.2) is 27.9 Å². The lowest BCUT2D eigenvalue weighted by molar-refractivity contribution is -0.120. The number of nitrogens with one attached hydrogen (secondary N) is 1. The highest BCUT2D eigenvalue weighted by Gasteiger charge is 2.26. The van der Waals surface area contributed by atoms with Gasteiger partial charge in [0, 0.05) is 19.2 Å². The molecule has 0 saturated carbocycles. The topological polar surface area (TPSA) is 66.7 Å². The summed E-state index contributed by atoms with van der Waals surface area (Å²) in [6, 6.07) is 3.65. The van der Waals surface area contributed by atoms with E-state index >= 15 is 0 Å². The summed E-state index contributed by atoms with van der Waals surface area (Å²) in [4.78, 5) is 29.3. The maximum Gasteiger partial charge on any atom is 0.329 e. The van der Waals surface area contributed by atoms with Gasteiger partial charge in [-0.2, -0.15) is 0 Å². The number of anilines is 1. The number of imide groups is 1. The number of hydrogen-bond acceptors (Lipinski definition) is 3. The smallest absolute Gasteiger partial charge is 0.286 e. The minimum atomic E-state index is -0.387. The number of rotatable bonds is 3. The fourth-order valence-corrected chi connectivity index (χ4v) is 2.61. The maximum absolute atomic E-state index is 12.0. The van der Waals surface area contributed by atoms with Gasteiger partial charge in [-0.1, -0.05) is 19.9 Å². The zero-order valence-corrected chi connectivity index (χ0v) is 12.2. The molecule has 3 rings (SSSR count). The van der Waals surface area contributed by atoms with Gasteiger partial charge in [0.1, 0.15) is 11.5 Å². The summed E-state index contributed by atoms with van der Waals surface area (Å²) in [7, 11) is 0. The third-order valence-electron chi connectivity index (χ3n) is 4.02. The lowest BCUT2D eigenvalue weighted by Crippen LogP contribution is -2.50. The molecule has 0 spiro atoms. The average Bonchev–Trinajstić information content (AvgIpc) is 2.90. The summed E-state index contributed by atoms with van der Waals surface area (Å²) < 4.78 is 1.91. The van der Waals surface area contributed by atoms with Crippen LogP contribution in [0.15, 0.2) is 24.5 Å². The van der Waals surface area contributed by atoms with E-state index < -0.39 is 0 Å². The average molecular weight is 286 g/mol. The Morgan fingerprint density at radius 2 is 2.24 bits per heavy atom. The first-order valence-electron chi connectivity index (χ1n) is 7.19. The van der Waals surface area contributed by atoms with E-state index in [1.54, 1.807) is 11.1 Å². The van der Waals surface area contributed by atoms with Gasteiger partial charge in [0.25, 0.3) is 0 Å². The molecule has 1 saturated heterocycles. The highest BCUT2D eigenvalue weighted by atomic mass is 16.2. The Balaban J connectivity index is 2.05. The third kappa shape index (κ3) is 2.26. The van der Waals surface area contributed by atoms with Crippen molar-refractivity contribution in [1.29, 1.82) is 0 Å². The summed E-state index contributed by atoms with van der Waals surface area (Å²) in [6.07, 6.45) is 4.93. The SMILES string of the molecule is CCC(C)c1cccn2c(N3CCC(=O)NC3=O)cnc12. The van der Waals surface area contributed by atoms with Gasteiger partial charge in [0.15, 0.2) is 0 Å². The van der Waals surface area contributed by atoms with Crippen molar-refractivity contribution in [1.82, 2.24) is 14.7 Å². The van der Waals surface area contributed by atoms with Crippen LogP contribution in [0.25, 0.3) is 5.65 Å². The lowest BCUT2D eigenvalue weighted by Gasteiger charge is -2.25. The van der Waals surface area contributed by atoms with Gasteiger partial charge in [-0.25, -0.2) is 9.78 Å². The molecule has 1 aliphatic rings. The minimum Gasteiger partial charge on any atom is -0.286 e. The highest BCUT2D eigenvalue weighted by molar-refractivity contribution is 6.05. The Kier molecular flexibility index (Phi) is 3.37. The monoisotopic (exact) mass is 286 g/mol. The van der Waals surface area contributed by atoms with Crippen LogP contribution in [0.2, 0.25) is 0 Å². The van der Waals surface area contributed by atoms with Crippen molar-refractivity contribution in [3.05, 3.63) is 30.1 Å². The number of amides is 3. The summed E-state index contributed by atoms with van der Waals surface area (Å²) in [6.45, 7) is 4.68.